The van der Waals surface area contributed by atoms with E-state index in [2.05, 4.69) is 0 Å². The molecule has 0 saturated carbocycles. The molecule has 0 bridgehead atoms. The SMILES string of the molecule is O=C(O)/C=C/CN1CCC=C(F)C1. The Balaban J connectivity index is 2.30. The normalized spacial score (nSPS) is 19.0. The van der Waals surface area contributed by atoms with Gasteiger partial charge in [0.2, 0.25) is 0 Å². The lowest BCUT2D eigenvalue weighted by atomic mass is 10.2. The summed E-state index contributed by atoms with van der Waals surface area (Å²) >= 11 is 0. The summed E-state index contributed by atoms with van der Waals surface area (Å²) in [4.78, 5) is 12.0. The Bertz CT molecular complexity index is 248. The predicted molar refractivity (Wildman–Crippen MR) is 47.0 cm³/mol. The van der Waals surface area contributed by atoms with Crippen LogP contribution in [0.2, 0.25) is 0 Å². The maximum absolute atomic E-state index is 12.7. The van der Waals surface area contributed by atoms with Crippen molar-refractivity contribution in [3.8, 4) is 0 Å². The van der Waals surface area contributed by atoms with Gasteiger partial charge in [-0.05, 0) is 6.42 Å². The number of hydrogen-bond acceptors (Lipinski definition) is 2. The van der Waals surface area contributed by atoms with Crippen LogP contribution in [0.25, 0.3) is 0 Å². The van der Waals surface area contributed by atoms with Crippen LogP contribution in [0.1, 0.15) is 6.42 Å². The summed E-state index contributed by atoms with van der Waals surface area (Å²) < 4.78 is 12.7. The van der Waals surface area contributed by atoms with Crippen LogP contribution in [-0.4, -0.2) is 35.6 Å². The summed E-state index contributed by atoms with van der Waals surface area (Å²) in [6.07, 6.45) is 4.88. The quantitative estimate of drug-likeness (QED) is 0.671. The first-order valence-electron chi connectivity index (χ1n) is 4.15. The maximum atomic E-state index is 12.7. The second-order valence-electron chi connectivity index (χ2n) is 2.92. The molecule has 1 N–H and O–H groups in total. The lowest BCUT2D eigenvalue weighted by Crippen LogP contribution is -2.29. The van der Waals surface area contributed by atoms with Crippen molar-refractivity contribution in [3.05, 3.63) is 24.1 Å². The maximum Gasteiger partial charge on any atom is 0.328 e. The Morgan fingerprint density at radius 2 is 2.54 bits per heavy atom. The monoisotopic (exact) mass is 185 g/mol. The van der Waals surface area contributed by atoms with E-state index in [-0.39, 0.29) is 5.83 Å². The molecule has 4 heteroatoms. The Morgan fingerprint density at radius 3 is 3.15 bits per heavy atom. The van der Waals surface area contributed by atoms with Gasteiger partial charge >= 0.3 is 5.97 Å². The molecule has 0 aromatic carbocycles. The highest BCUT2D eigenvalue weighted by Gasteiger charge is 2.09. The zero-order valence-corrected chi connectivity index (χ0v) is 7.24. The molecule has 0 spiro atoms. The van der Waals surface area contributed by atoms with Crippen molar-refractivity contribution in [2.75, 3.05) is 19.6 Å². The average molecular weight is 185 g/mol. The first-order chi connectivity index (χ1) is 6.18. The fourth-order valence-electron chi connectivity index (χ4n) is 1.22. The summed E-state index contributed by atoms with van der Waals surface area (Å²) in [5.41, 5.74) is 0. The molecule has 0 aliphatic carbocycles. The summed E-state index contributed by atoms with van der Waals surface area (Å²) in [5.74, 6) is -1.09. The third kappa shape index (κ3) is 3.85. The fraction of sp³-hybridized carbons (Fsp3) is 0.444. The number of aliphatic carboxylic acids is 1. The Kier molecular flexibility index (Phi) is 3.64. The zero-order valence-electron chi connectivity index (χ0n) is 7.24. The molecule has 1 aliphatic heterocycles. The average Bonchev–Trinajstić information content (AvgIpc) is 2.03. The fourth-order valence-corrected chi connectivity index (χ4v) is 1.22. The van der Waals surface area contributed by atoms with Gasteiger partial charge in [0.15, 0.2) is 0 Å². The minimum Gasteiger partial charge on any atom is -0.478 e. The standard InChI is InChI=1S/C9H12FNO2/c10-8-3-1-5-11(7-8)6-2-4-9(12)13/h2-4H,1,5-7H2,(H,12,13)/b4-2+. The Hall–Kier alpha value is -1.16. The molecule has 0 amide bonds. The summed E-state index contributed by atoms with van der Waals surface area (Å²) in [5, 5.41) is 8.30. The van der Waals surface area contributed by atoms with Crippen LogP contribution in [0.15, 0.2) is 24.1 Å². The largest absolute Gasteiger partial charge is 0.478 e. The topological polar surface area (TPSA) is 40.5 Å². The molecule has 13 heavy (non-hydrogen) atoms. The van der Waals surface area contributed by atoms with Gasteiger partial charge in [0.1, 0.15) is 5.83 Å². The van der Waals surface area contributed by atoms with E-state index in [1.54, 1.807) is 6.08 Å². The lowest BCUT2D eigenvalue weighted by Gasteiger charge is -2.22. The molecule has 0 aromatic heterocycles. The molecule has 72 valence electrons. The van der Waals surface area contributed by atoms with Crippen molar-refractivity contribution in [3.63, 3.8) is 0 Å². The van der Waals surface area contributed by atoms with E-state index in [1.165, 1.54) is 6.08 Å². The Morgan fingerprint density at radius 1 is 1.77 bits per heavy atom. The van der Waals surface area contributed by atoms with Crippen LogP contribution in [0.5, 0.6) is 0 Å². The smallest absolute Gasteiger partial charge is 0.328 e. The highest BCUT2D eigenvalue weighted by atomic mass is 19.1. The third-order valence-electron chi connectivity index (χ3n) is 1.81. The van der Waals surface area contributed by atoms with Gasteiger partial charge in [-0.2, -0.15) is 0 Å². The van der Waals surface area contributed by atoms with E-state index in [0.717, 1.165) is 12.6 Å². The predicted octanol–water partition coefficient (Wildman–Crippen LogP) is 1.19. The van der Waals surface area contributed by atoms with Crippen LogP contribution in [0.3, 0.4) is 0 Å². The molecule has 1 aliphatic rings. The number of carboxylic acid groups (broad SMARTS) is 1. The van der Waals surface area contributed by atoms with Gasteiger partial charge < -0.3 is 5.11 Å². The molecular weight excluding hydrogens is 173 g/mol. The van der Waals surface area contributed by atoms with Crippen molar-refractivity contribution in [2.45, 2.75) is 6.42 Å². The number of halogens is 1. The van der Waals surface area contributed by atoms with E-state index >= 15 is 0 Å². The van der Waals surface area contributed by atoms with Crippen molar-refractivity contribution < 1.29 is 14.3 Å². The molecular formula is C9H12FNO2. The van der Waals surface area contributed by atoms with Gasteiger partial charge in [-0.25, -0.2) is 9.18 Å². The van der Waals surface area contributed by atoms with E-state index in [0.29, 0.717) is 19.5 Å². The number of rotatable bonds is 3. The van der Waals surface area contributed by atoms with Crippen molar-refractivity contribution in [2.24, 2.45) is 0 Å². The second kappa shape index (κ2) is 4.77. The number of nitrogens with zero attached hydrogens (tertiary/aromatic N) is 1. The first kappa shape index (κ1) is 9.92. The summed E-state index contributed by atoms with van der Waals surface area (Å²) in [6.45, 7) is 1.58. The van der Waals surface area contributed by atoms with Crippen molar-refractivity contribution in [1.29, 1.82) is 0 Å². The second-order valence-corrected chi connectivity index (χ2v) is 2.92. The van der Waals surface area contributed by atoms with Crippen LogP contribution in [0.4, 0.5) is 4.39 Å². The number of hydrogen-bond donors (Lipinski definition) is 1. The first-order valence-corrected chi connectivity index (χ1v) is 4.15. The lowest BCUT2D eigenvalue weighted by molar-refractivity contribution is -0.131. The van der Waals surface area contributed by atoms with E-state index in [9.17, 15) is 9.18 Å². The van der Waals surface area contributed by atoms with Gasteiger partial charge in [-0.1, -0.05) is 12.2 Å². The molecule has 0 atom stereocenters. The summed E-state index contributed by atoms with van der Waals surface area (Å²) in [6, 6.07) is 0. The number of carbonyl (C=O) groups is 1. The third-order valence-corrected chi connectivity index (χ3v) is 1.81. The van der Waals surface area contributed by atoms with Crippen LogP contribution >= 0.6 is 0 Å². The van der Waals surface area contributed by atoms with Gasteiger partial charge in [0.05, 0.1) is 6.54 Å². The highest BCUT2D eigenvalue weighted by molar-refractivity contribution is 5.79. The van der Waals surface area contributed by atoms with Crippen LogP contribution in [-0.2, 0) is 4.79 Å². The van der Waals surface area contributed by atoms with Crippen LogP contribution < -0.4 is 0 Å². The number of carboxylic acids is 1. The van der Waals surface area contributed by atoms with E-state index < -0.39 is 5.97 Å². The Labute approximate surface area is 76.2 Å². The van der Waals surface area contributed by atoms with Crippen molar-refractivity contribution >= 4 is 5.97 Å². The highest BCUT2D eigenvalue weighted by Crippen LogP contribution is 2.09. The molecule has 0 unspecified atom stereocenters. The van der Waals surface area contributed by atoms with Crippen molar-refractivity contribution in [1.82, 2.24) is 4.90 Å². The van der Waals surface area contributed by atoms with E-state index in [1.807, 2.05) is 4.90 Å². The van der Waals surface area contributed by atoms with Gasteiger partial charge in [-0.15, -0.1) is 0 Å². The van der Waals surface area contributed by atoms with E-state index in [4.69, 9.17) is 5.11 Å². The zero-order chi connectivity index (χ0) is 9.68. The molecule has 3 nitrogen and oxygen atoms in total. The minimum atomic E-state index is -0.965. The molecule has 0 radical (unpaired) electrons. The molecule has 0 saturated heterocycles. The van der Waals surface area contributed by atoms with Gasteiger partial charge in [0.25, 0.3) is 0 Å². The van der Waals surface area contributed by atoms with Gasteiger partial charge in [-0.3, -0.25) is 4.90 Å². The molecule has 1 heterocycles. The van der Waals surface area contributed by atoms with Gasteiger partial charge in [0, 0.05) is 19.2 Å². The molecule has 0 fully saturated rings. The minimum absolute atomic E-state index is 0.130. The molecule has 1 rings (SSSR count). The molecule has 0 aromatic rings. The van der Waals surface area contributed by atoms with Crippen LogP contribution in [0, 0.1) is 0 Å². The summed E-state index contributed by atoms with van der Waals surface area (Å²) in [7, 11) is 0.